The molecule has 0 aliphatic carbocycles. The lowest BCUT2D eigenvalue weighted by atomic mass is 9.76. The highest BCUT2D eigenvalue weighted by atomic mass is 16.5. The maximum Gasteiger partial charge on any atom is 0.274 e. The zero-order valence-corrected chi connectivity index (χ0v) is 17.1. The van der Waals surface area contributed by atoms with Gasteiger partial charge in [0.2, 0.25) is 5.91 Å². The van der Waals surface area contributed by atoms with Gasteiger partial charge in [0.1, 0.15) is 5.69 Å². The largest absolute Gasteiger partial charge is 0.385 e. The molecule has 1 aromatic rings. The minimum absolute atomic E-state index is 0.0101. The Kier molecular flexibility index (Phi) is 6.72. The van der Waals surface area contributed by atoms with Gasteiger partial charge in [0.25, 0.3) is 5.91 Å². The number of primary amides is 1. The van der Waals surface area contributed by atoms with Gasteiger partial charge in [0, 0.05) is 52.1 Å². The number of hydrogen-bond acceptors (Lipinski definition) is 5. The topological polar surface area (TPSA) is 93.7 Å². The molecule has 1 aromatic heterocycles. The summed E-state index contributed by atoms with van der Waals surface area (Å²) in [5.74, 6) is -0.204. The van der Waals surface area contributed by atoms with Crippen LogP contribution < -0.4 is 5.73 Å². The smallest absolute Gasteiger partial charge is 0.274 e. The van der Waals surface area contributed by atoms with E-state index in [0.717, 1.165) is 51.9 Å². The quantitative estimate of drug-likeness (QED) is 0.752. The molecule has 0 aromatic carbocycles. The van der Waals surface area contributed by atoms with E-state index in [1.54, 1.807) is 17.9 Å². The van der Waals surface area contributed by atoms with Crippen LogP contribution in [0.2, 0.25) is 0 Å². The number of nitrogens with zero attached hydrogens (tertiary/aromatic N) is 4. The van der Waals surface area contributed by atoms with E-state index in [2.05, 4.69) is 10.00 Å². The van der Waals surface area contributed by atoms with Gasteiger partial charge in [-0.3, -0.25) is 19.2 Å². The summed E-state index contributed by atoms with van der Waals surface area (Å²) in [5.41, 5.74) is 5.82. The second-order valence-electron chi connectivity index (χ2n) is 8.04. The van der Waals surface area contributed by atoms with Crippen molar-refractivity contribution in [2.24, 2.45) is 11.1 Å². The number of hydrogen-bond donors (Lipinski definition) is 1. The first kappa shape index (κ1) is 20.8. The molecule has 2 fully saturated rings. The molecule has 2 aliphatic rings. The van der Waals surface area contributed by atoms with Crippen molar-refractivity contribution in [2.45, 2.75) is 51.6 Å². The number of ether oxygens (including phenoxy) is 1. The Bertz CT molecular complexity index is 683. The van der Waals surface area contributed by atoms with Crippen molar-refractivity contribution in [3.05, 3.63) is 18.0 Å². The fraction of sp³-hybridized carbons (Fsp3) is 0.750. The normalized spacial score (nSPS) is 24.4. The number of aryl methyl sites for hydroxylation is 1. The molecule has 3 heterocycles. The fourth-order valence-corrected chi connectivity index (χ4v) is 4.55. The highest BCUT2D eigenvalue weighted by Gasteiger charge is 2.42. The summed E-state index contributed by atoms with van der Waals surface area (Å²) in [6.07, 6.45) is 6.16. The maximum absolute atomic E-state index is 12.7. The number of piperidine rings is 2. The Hall–Kier alpha value is -1.93. The van der Waals surface area contributed by atoms with Crippen LogP contribution in [0.25, 0.3) is 0 Å². The van der Waals surface area contributed by atoms with Crippen molar-refractivity contribution in [1.82, 2.24) is 19.6 Å². The van der Waals surface area contributed by atoms with E-state index < -0.39 is 5.41 Å². The van der Waals surface area contributed by atoms with Gasteiger partial charge in [0.15, 0.2) is 0 Å². The molecule has 28 heavy (non-hydrogen) atoms. The third-order valence-corrected chi connectivity index (χ3v) is 6.37. The summed E-state index contributed by atoms with van der Waals surface area (Å²) >= 11 is 0. The van der Waals surface area contributed by atoms with Crippen LogP contribution in [0.4, 0.5) is 0 Å². The van der Waals surface area contributed by atoms with Crippen molar-refractivity contribution in [1.29, 1.82) is 0 Å². The lowest BCUT2D eigenvalue weighted by Crippen LogP contribution is -2.56. The molecule has 0 bridgehead atoms. The van der Waals surface area contributed by atoms with E-state index in [9.17, 15) is 9.59 Å². The summed E-state index contributed by atoms with van der Waals surface area (Å²) < 4.78 is 6.99. The molecule has 2 N–H and O–H groups in total. The van der Waals surface area contributed by atoms with Crippen LogP contribution in [0.5, 0.6) is 0 Å². The van der Waals surface area contributed by atoms with E-state index in [1.165, 1.54) is 0 Å². The predicted octanol–water partition coefficient (Wildman–Crippen LogP) is 1.11. The molecular weight excluding hydrogens is 358 g/mol. The third-order valence-electron chi connectivity index (χ3n) is 6.37. The summed E-state index contributed by atoms with van der Waals surface area (Å²) in [6.45, 7) is 6.45. The monoisotopic (exact) mass is 391 g/mol. The highest BCUT2D eigenvalue weighted by Crippen LogP contribution is 2.35. The summed E-state index contributed by atoms with van der Waals surface area (Å²) in [4.78, 5) is 29.2. The van der Waals surface area contributed by atoms with Crippen LogP contribution in [-0.2, 0) is 16.1 Å². The van der Waals surface area contributed by atoms with Crippen LogP contribution in [-0.4, -0.2) is 77.3 Å². The SMILES string of the molecule is CCn1ccc(C(=O)N2CCC(N3CCCC(CCOC)(C(N)=O)C3)CC2)n1. The van der Waals surface area contributed by atoms with Crippen molar-refractivity contribution in [3.63, 3.8) is 0 Å². The van der Waals surface area contributed by atoms with Gasteiger partial charge in [-0.25, -0.2) is 0 Å². The molecule has 8 nitrogen and oxygen atoms in total. The molecule has 1 atom stereocenters. The molecule has 3 rings (SSSR count). The second-order valence-corrected chi connectivity index (χ2v) is 8.04. The van der Waals surface area contributed by atoms with Gasteiger partial charge < -0.3 is 15.4 Å². The fourth-order valence-electron chi connectivity index (χ4n) is 4.55. The Morgan fingerprint density at radius 1 is 1.32 bits per heavy atom. The first-order valence-electron chi connectivity index (χ1n) is 10.3. The highest BCUT2D eigenvalue weighted by molar-refractivity contribution is 5.92. The number of methoxy groups -OCH3 is 1. The number of nitrogens with two attached hydrogens (primary N) is 1. The maximum atomic E-state index is 12.7. The van der Waals surface area contributed by atoms with Crippen molar-refractivity contribution < 1.29 is 14.3 Å². The predicted molar refractivity (Wildman–Crippen MR) is 106 cm³/mol. The minimum Gasteiger partial charge on any atom is -0.385 e. The van der Waals surface area contributed by atoms with Gasteiger partial charge in [0.05, 0.1) is 5.41 Å². The third kappa shape index (κ3) is 4.38. The van der Waals surface area contributed by atoms with Crippen LogP contribution in [0, 0.1) is 5.41 Å². The first-order valence-corrected chi connectivity index (χ1v) is 10.3. The Labute approximate surface area is 167 Å². The first-order chi connectivity index (χ1) is 13.5. The standard InChI is InChI=1S/C20H33N5O3/c1-3-25-13-7-17(22-25)18(26)23-11-5-16(6-12-23)24-10-4-8-20(15-24,19(21)27)9-14-28-2/h7,13,16H,3-6,8-12,14-15H2,1-2H3,(H2,21,27). The van der Waals surface area contributed by atoms with Crippen molar-refractivity contribution in [2.75, 3.05) is 39.9 Å². The second kappa shape index (κ2) is 9.05. The number of amides is 2. The molecule has 2 amide bonds. The Morgan fingerprint density at radius 3 is 2.68 bits per heavy atom. The van der Waals surface area contributed by atoms with Gasteiger partial charge in [-0.05, 0) is 51.6 Å². The molecule has 0 radical (unpaired) electrons. The molecule has 156 valence electrons. The summed E-state index contributed by atoms with van der Waals surface area (Å²) in [5, 5.41) is 4.33. The molecule has 8 heteroatoms. The van der Waals surface area contributed by atoms with E-state index in [-0.39, 0.29) is 11.8 Å². The number of carbonyl (C=O) groups is 2. The molecule has 2 saturated heterocycles. The van der Waals surface area contributed by atoms with Gasteiger partial charge >= 0.3 is 0 Å². The van der Waals surface area contributed by atoms with E-state index in [0.29, 0.717) is 31.3 Å². The lowest BCUT2D eigenvalue weighted by molar-refractivity contribution is -0.133. The van der Waals surface area contributed by atoms with Crippen molar-refractivity contribution >= 4 is 11.8 Å². The molecule has 0 spiro atoms. The number of likely N-dealkylation sites (tertiary alicyclic amines) is 2. The summed E-state index contributed by atoms with van der Waals surface area (Å²) in [7, 11) is 1.66. The van der Waals surface area contributed by atoms with Crippen LogP contribution in [0.3, 0.4) is 0 Å². The molecular formula is C20H33N5O3. The Balaban J connectivity index is 1.58. The molecule has 2 aliphatic heterocycles. The van der Waals surface area contributed by atoms with Gasteiger partial charge in [-0.1, -0.05) is 0 Å². The minimum atomic E-state index is -0.492. The van der Waals surface area contributed by atoms with Gasteiger partial charge in [-0.15, -0.1) is 0 Å². The number of aromatic nitrogens is 2. The number of carbonyl (C=O) groups excluding carboxylic acids is 2. The van der Waals surface area contributed by atoms with E-state index >= 15 is 0 Å². The average Bonchev–Trinajstić information content (AvgIpc) is 3.21. The molecule has 0 saturated carbocycles. The Morgan fingerprint density at radius 2 is 2.07 bits per heavy atom. The molecule has 1 unspecified atom stereocenters. The average molecular weight is 392 g/mol. The van der Waals surface area contributed by atoms with E-state index in [4.69, 9.17) is 10.5 Å². The van der Waals surface area contributed by atoms with Crippen molar-refractivity contribution in [3.8, 4) is 0 Å². The van der Waals surface area contributed by atoms with Crippen LogP contribution in [0.15, 0.2) is 12.3 Å². The van der Waals surface area contributed by atoms with E-state index in [1.807, 2.05) is 18.0 Å². The summed E-state index contributed by atoms with van der Waals surface area (Å²) in [6, 6.07) is 2.18. The number of rotatable bonds is 7. The van der Waals surface area contributed by atoms with Crippen LogP contribution in [0.1, 0.15) is 49.5 Å². The van der Waals surface area contributed by atoms with Gasteiger partial charge in [-0.2, -0.15) is 5.10 Å². The lowest BCUT2D eigenvalue weighted by Gasteiger charge is -2.46. The zero-order valence-electron chi connectivity index (χ0n) is 17.1. The zero-order chi connectivity index (χ0) is 20.1. The van der Waals surface area contributed by atoms with Crippen LogP contribution >= 0.6 is 0 Å².